The van der Waals surface area contributed by atoms with Crippen LogP contribution in [0.3, 0.4) is 0 Å². The fourth-order valence-corrected chi connectivity index (χ4v) is 2.26. The van der Waals surface area contributed by atoms with Crippen LogP contribution in [0.4, 0.5) is 0 Å². The minimum atomic E-state index is -0.675. The molecule has 0 aliphatic carbocycles. The van der Waals surface area contributed by atoms with E-state index in [0.29, 0.717) is 5.75 Å². The van der Waals surface area contributed by atoms with Crippen molar-refractivity contribution in [2.75, 3.05) is 7.11 Å². The molecule has 0 saturated carbocycles. The summed E-state index contributed by atoms with van der Waals surface area (Å²) in [7, 11) is 1.58. The third kappa shape index (κ3) is 2.76. The monoisotopic (exact) mass is 341 g/mol. The Labute approximate surface area is 114 Å². The quantitative estimate of drug-likeness (QED) is 0.873. The van der Waals surface area contributed by atoms with E-state index in [-0.39, 0.29) is 0 Å². The van der Waals surface area contributed by atoms with E-state index < -0.39 is 6.10 Å². The molecule has 0 fully saturated rings. The number of pyridine rings is 1. The fraction of sp³-hybridized carbons (Fsp3) is 0.154. The van der Waals surface area contributed by atoms with E-state index in [1.807, 2.05) is 24.3 Å². The van der Waals surface area contributed by atoms with E-state index in [4.69, 9.17) is 4.74 Å². The van der Waals surface area contributed by atoms with Gasteiger partial charge in [0.25, 0.3) is 0 Å². The van der Waals surface area contributed by atoms with Gasteiger partial charge >= 0.3 is 0 Å². The first-order valence-corrected chi connectivity index (χ1v) is 6.21. The maximum absolute atomic E-state index is 10.3. The Balaban J connectivity index is 2.37. The summed E-state index contributed by atoms with van der Waals surface area (Å²) in [6.45, 7) is 0. The molecule has 1 aromatic heterocycles. The molecule has 1 aromatic carbocycles. The molecule has 2 rings (SSSR count). The van der Waals surface area contributed by atoms with Crippen molar-refractivity contribution in [3.63, 3.8) is 0 Å². The van der Waals surface area contributed by atoms with E-state index in [9.17, 15) is 5.11 Å². The largest absolute Gasteiger partial charge is 0.495 e. The van der Waals surface area contributed by atoms with Crippen LogP contribution in [0.1, 0.15) is 17.2 Å². The fourth-order valence-electron chi connectivity index (χ4n) is 1.57. The van der Waals surface area contributed by atoms with E-state index >= 15 is 0 Å². The lowest BCUT2D eigenvalue weighted by atomic mass is 10.0. The number of ether oxygens (including phenoxy) is 1. The van der Waals surface area contributed by atoms with E-state index in [2.05, 4.69) is 27.6 Å². The van der Waals surface area contributed by atoms with Gasteiger partial charge in [-0.25, -0.2) is 0 Å². The molecule has 88 valence electrons. The number of aliphatic hydroxyl groups is 1. The summed E-state index contributed by atoms with van der Waals surface area (Å²) in [5.74, 6) is 0.646. The molecule has 0 aliphatic heterocycles. The molecule has 0 aliphatic rings. The number of methoxy groups -OCH3 is 1. The highest BCUT2D eigenvalue weighted by molar-refractivity contribution is 14.1. The summed E-state index contributed by atoms with van der Waals surface area (Å²) < 4.78 is 6.12. The standard InChI is InChI=1S/C13H12INO2/c1-17-10-6-9(7-15-8-10)13(16)11-4-2-3-5-12(11)14/h2-8,13,16H,1H3. The van der Waals surface area contributed by atoms with Gasteiger partial charge in [-0.3, -0.25) is 4.98 Å². The van der Waals surface area contributed by atoms with Gasteiger partial charge in [0.2, 0.25) is 0 Å². The summed E-state index contributed by atoms with van der Waals surface area (Å²) in [6, 6.07) is 9.52. The van der Waals surface area contributed by atoms with Gasteiger partial charge in [0.15, 0.2) is 0 Å². The molecule has 3 nitrogen and oxygen atoms in total. The maximum atomic E-state index is 10.3. The third-order valence-corrected chi connectivity index (χ3v) is 3.47. The topological polar surface area (TPSA) is 42.4 Å². The number of rotatable bonds is 3. The third-order valence-electron chi connectivity index (χ3n) is 2.49. The van der Waals surface area contributed by atoms with E-state index in [1.54, 1.807) is 25.6 Å². The minimum Gasteiger partial charge on any atom is -0.495 e. The number of aliphatic hydroxyl groups excluding tert-OH is 1. The Morgan fingerprint density at radius 3 is 2.76 bits per heavy atom. The molecule has 4 heteroatoms. The number of aromatic nitrogens is 1. The molecule has 1 unspecified atom stereocenters. The van der Waals surface area contributed by atoms with Gasteiger partial charge in [-0.1, -0.05) is 18.2 Å². The Bertz CT molecular complexity index is 516. The summed E-state index contributed by atoms with van der Waals surface area (Å²) in [6.07, 6.45) is 2.59. The van der Waals surface area contributed by atoms with E-state index in [1.165, 1.54) is 0 Å². The average Bonchev–Trinajstić information content (AvgIpc) is 2.38. The van der Waals surface area contributed by atoms with Crippen molar-refractivity contribution in [1.29, 1.82) is 0 Å². The summed E-state index contributed by atoms with van der Waals surface area (Å²) in [5.41, 5.74) is 1.61. The molecule has 0 spiro atoms. The highest BCUT2D eigenvalue weighted by atomic mass is 127. The molecule has 0 bridgehead atoms. The second-order valence-corrected chi connectivity index (χ2v) is 4.74. The molecule has 1 heterocycles. The first-order chi connectivity index (χ1) is 8.22. The zero-order valence-corrected chi connectivity index (χ0v) is 11.5. The van der Waals surface area contributed by atoms with Crippen LogP contribution >= 0.6 is 22.6 Å². The van der Waals surface area contributed by atoms with Crippen molar-refractivity contribution < 1.29 is 9.84 Å². The number of hydrogen-bond acceptors (Lipinski definition) is 3. The van der Waals surface area contributed by atoms with Gasteiger partial charge in [-0.15, -0.1) is 0 Å². The van der Waals surface area contributed by atoms with Crippen molar-refractivity contribution in [1.82, 2.24) is 4.98 Å². The van der Waals surface area contributed by atoms with Crippen molar-refractivity contribution in [2.24, 2.45) is 0 Å². The number of halogens is 1. The number of nitrogens with zero attached hydrogens (tertiary/aromatic N) is 1. The Morgan fingerprint density at radius 2 is 2.06 bits per heavy atom. The lowest BCUT2D eigenvalue weighted by molar-refractivity contribution is 0.218. The molecular weight excluding hydrogens is 329 g/mol. The minimum absolute atomic E-state index is 0.646. The average molecular weight is 341 g/mol. The van der Waals surface area contributed by atoms with Crippen LogP contribution in [0.5, 0.6) is 5.75 Å². The van der Waals surface area contributed by atoms with Crippen LogP contribution in [0, 0.1) is 3.57 Å². The number of benzene rings is 1. The molecule has 0 radical (unpaired) electrons. The normalized spacial score (nSPS) is 12.2. The predicted octanol–water partition coefficient (Wildman–Crippen LogP) is 2.78. The molecule has 1 atom stereocenters. The van der Waals surface area contributed by atoms with Gasteiger partial charge < -0.3 is 9.84 Å². The summed E-state index contributed by atoms with van der Waals surface area (Å²) in [5, 5.41) is 10.3. The Morgan fingerprint density at radius 1 is 1.29 bits per heavy atom. The van der Waals surface area contributed by atoms with Crippen LogP contribution in [0.25, 0.3) is 0 Å². The summed E-state index contributed by atoms with van der Waals surface area (Å²) >= 11 is 2.21. The second kappa shape index (κ2) is 5.46. The smallest absolute Gasteiger partial charge is 0.137 e. The molecular formula is C13H12INO2. The SMILES string of the molecule is COc1cncc(C(O)c2ccccc2I)c1. The van der Waals surface area contributed by atoms with Crippen LogP contribution < -0.4 is 4.74 Å². The first kappa shape index (κ1) is 12.3. The van der Waals surface area contributed by atoms with E-state index in [0.717, 1.165) is 14.7 Å². The molecule has 0 amide bonds. The van der Waals surface area contributed by atoms with Gasteiger partial charge in [-0.2, -0.15) is 0 Å². The van der Waals surface area contributed by atoms with Crippen molar-refractivity contribution in [2.45, 2.75) is 6.10 Å². The highest BCUT2D eigenvalue weighted by Crippen LogP contribution is 2.27. The Kier molecular flexibility index (Phi) is 3.96. The molecule has 2 aromatic rings. The lowest BCUT2D eigenvalue weighted by Crippen LogP contribution is -2.02. The second-order valence-electron chi connectivity index (χ2n) is 3.58. The zero-order valence-electron chi connectivity index (χ0n) is 9.30. The predicted molar refractivity (Wildman–Crippen MR) is 74.0 cm³/mol. The lowest BCUT2D eigenvalue weighted by Gasteiger charge is -2.13. The van der Waals surface area contributed by atoms with Crippen LogP contribution in [-0.2, 0) is 0 Å². The van der Waals surface area contributed by atoms with Crippen LogP contribution in [0.2, 0.25) is 0 Å². The molecule has 1 N–H and O–H groups in total. The first-order valence-electron chi connectivity index (χ1n) is 5.14. The zero-order chi connectivity index (χ0) is 12.3. The van der Waals surface area contributed by atoms with Gasteiger partial charge in [0.05, 0.1) is 13.3 Å². The van der Waals surface area contributed by atoms with Crippen LogP contribution in [-0.4, -0.2) is 17.2 Å². The highest BCUT2D eigenvalue weighted by Gasteiger charge is 2.14. The number of hydrogen-bond donors (Lipinski definition) is 1. The van der Waals surface area contributed by atoms with Gasteiger partial charge in [0, 0.05) is 15.3 Å². The molecule has 17 heavy (non-hydrogen) atoms. The maximum Gasteiger partial charge on any atom is 0.137 e. The van der Waals surface area contributed by atoms with Gasteiger partial charge in [-0.05, 0) is 40.3 Å². The van der Waals surface area contributed by atoms with Crippen molar-refractivity contribution in [3.05, 3.63) is 57.4 Å². The Hall–Kier alpha value is -1.14. The van der Waals surface area contributed by atoms with Gasteiger partial charge in [0.1, 0.15) is 11.9 Å². The van der Waals surface area contributed by atoms with Crippen molar-refractivity contribution in [3.8, 4) is 5.75 Å². The van der Waals surface area contributed by atoms with Crippen molar-refractivity contribution >= 4 is 22.6 Å². The summed E-state index contributed by atoms with van der Waals surface area (Å²) in [4.78, 5) is 4.04. The van der Waals surface area contributed by atoms with Crippen LogP contribution in [0.15, 0.2) is 42.7 Å². The molecule has 0 saturated heterocycles.